The maximum atomic E-state index is 12.9. The van der Waals surface area contributed by atoms with Crippen molar-refractivity contribution in [3.8, 4) is 0 Å². The number of carbonyl (C=O) groups excluding carboxylic acids is 2. The maximum Gasteiger partial charge on any atom is 0.328 e. The van der Waals surface area contributed by atoms with Crippen molar-refractivity contribution in [1.29, 1.82) is 0 Å². The molecule has 3 aliphatic carbocycles. The fourth-order valence-corrected chi connectivity index (χ4v) is 5.85. The van der Waals surface area contributed by atoms with E-state index >= 15 is 0 Å². The zero-order valence-electron chi connectivity index (χ0n) is 18.3. The van der Waals surface area contributed by atoms with Gasteiger partial charge in [-0.05, 0) is 67.8 Å². The molecule has 0 amide bonds. The molecule has 0 aromatic heterocycles. The first-order valence-electron chi connectivity index (χ1n) is 10.8. The van der Waals surface area contributed by atoms with Crippen LogP contribution >= 0.6 is 0 Å². The van der Waals surface area contributed by atoms with Crippen LogP contribution in [-0.4, -0.2) is 40.4 Å². The van der Waals surface area contributed by atoms with Crippen LogP contribution in [-0.2, 0) is 14.4 Å². The second kappa shape index (κ2) is 8.14. The highest BCUT2D eigenvalue weighted by molar-refractivity contribution is 6.19. The topological polar surface area (TPSA) is 104 Å². The standard InChI is InChI=1S/C24H33NO5/c1-14-6-5-7-21-23(14,3)9-8-15(2)24(21,4)12-16-10-20(28)17(11-19(16)27)25-18(13-26)22(29)30/h6,10-11,15,18,21,25-26H,5,7-9,12-13H2,1-4H3,(H,29,30)/t15-,18+,21+,23+,24+/m0/s1. The summed E-state index contributed by atoms with van der Waals surface area (Å²) in [6.45, 7) is 8.41. The van der Waals surface area contributed by atoms with E-state index in [9.17, 15) is 19.5 Å². The highest BCUT2D eigenvalue weighted by Gasteiger charge is 2.53. The van der Waals surface area contributed by atoms with E-state index in [0.29, 0.717) is 23.8 Å². The van der Waals surface area contributed by atoms with Crippen LogP contribution in [0, 0.1) is 22.7 Å². The molecule has 0 bridgehead atoms. The number of aliphatic hydroxyl groups is 1. The Bertz CT molecular complexity index is 854. The Hall–Kier alpha value is -2.21. The van der Waals surface area contributed by atoms with E-state index in [0.717, 1.165) is 25.7 Å². The van der Waals surface area contributed by atoms with Crippen molar-refractivity contribution in [3.63, 3.8) is 0 Å². The number of carboxylic acids is 1. The van der Waals surface area contributed by atoms with Gasteiger partial charge < -0.3 is 15.5 Å². The number of ketones is 2. The summed E-state index contributed by atoms with van der Waals surface area (Å²) in [5, 5.41) is 20.7. The molecular weight excluding hydrogens is 382 g/mol. The lowest BCUT2D eigenvalue weighted by Crippen LogP contribution is -2.50. The van der Waals surface area contributed by atoms with Crippen molar-refractivity contribution in [2.24, 2.45) is 22.7 Å². The van der Waals surface area contributed by atoms with Gasteiger partial charge in [-0.2, -0.15) is 0 Å². The van der Waals surface area contributed by atoms with E-state index in [-0.39, 0.29) is 22.3 Å². The van der Waals surface area contributed by atoms with Crippen molar-refractivity contribution < 1.29 is 24.6 Å². The summed E-state index contributed by atoms with van der Waals surface area (Å²) >= 11 is 0. The third kappa shape index (κ3) is 3.78. The van der Waals surface area contributed by atoms with Crippen molar-refractivity contribution in [2.45, 2.75) is 65.8 Å². The predicted molar refractivity (Wildman–Crippen MR) is 114 cm³/mol. The van der Waals surface area contributed by atoms with Crippen LogP contribution in [0.2, 0.25) is 0 Å². The molecule has 0 unspecified atom stereocenters. The van der Waals surface area contributed by atoms with Crippen LogP contribution in [0.1, 0.15) is 59.8 Å². The van der Waals surface area contributed by atoms with E-state index in [1.54, 1.807) is 0 Å². The summed E-state index contributed by atoms with van der Waals surface area (Å²) < 4.78 is 0. The first kappa shape index (κ1) is 22.5. The molecule has 164 valence electrons. The first-order chi connectivity index (χ1) is 14.0. The minimum absolute atomic E-state index is 0.0756. The van der Waals surface area contributed by atoms with Crippen LogP contribution in [0.25, 0.3) is 0 Å². The molecule has 3 aliphatic rings. The molecule has 0 aromatic rings. The smallest absolute Gasteiger partial charge is 0.328 e. The number of rotatable bonds is 6. The molecule has 0 heterocycles. The van der Waals surface area contributed by atoms with E-state index in [1.165, 1.54) is 17.7 Å². The van der Waals surface area contributed by atoms with Gasteiger partial charge in [0.25, 0.3) is 0 Å². The average Bonchev–Trinajstić information content (AvgIpc) is 2.68. The largest absolute Gasteiger partial charge is 0.480 e. The SMILES string of the molecule is CC1=CCC[C@H]2[C@](C)(CC3=CC(=O)C(N[C@H](CO)C(=O)O)=CC3=O)[C@@H](C)CC[C@]12C. The van der Waals surface area contributed by atoms with E-state index < -0.39 is 24.4 Å². The number of carboxylic acid groups (broad SMARTS) is 1. The molecular formula is C24H33NO5. The molecule has 1 fully saturated rings. The van der Waals surface area contributed by atoms with E-state index in [1.807, 2.05) is 0 Å². The fourth-order valence-electron chi connectivity index (χ4n) is 5.85. The number of hydrogen-bond donors (Lipinski definition) is 3. The van der Waals surface area contributed by atoms with E-state index in [2.05, 4.69) is 39.1 Å². The zero-order valence-corrected chi connectivity index (χ0v) is 18.3. The van der Waals surface area contributed by atoms with Crippen LogP contribution in [0.4, 0.5) is 0 Å². The molecule has 3 N–H and O–H groups in total. The van der Waals surface area contributed by atoms with Gasteiger partial charge in [0.2, 0.25) is 5.78 Å². The molecule has 0 saturated heterocycles. The third-order valence-corrected chi connectivity index (χ3v) is 8.14. The van der Waals surface area contributed by atoms with Crippen LogP contribution < -0.4 is 5.32 Å². The Morgan fingerprint density at radius 2 is 1.93 bits per heavy atom. The molecule has 0 aromatic carbocycles. The summed E-state index contributed by atoms with van der Waals surface area (Å²) in [7, 11) is 0. The lowest BCUT2D eigenvalue weighted by atomic mass is 9.46. The van der Waals surface area contributed by atoms with Crippen molar-refractivity contribution >= 4 is 17.5 Å². The Morgan fingerprint density at radius 1 is 1.23 bits per heavy atom. The van der Waals surface area contributed by atoms with Gasteiger partial charge in [-0.25, -0.2) is 4.79 Å². The molecule has 6 heteroatoms. The molecule has 1 saturated carbocycles. The number of carbonyl (C=O) groups is 3. The summed E-state index contributed by atoms with van der Waals surface area (Å²) in [5.74, 6) is -1.09. The fraction of sp³-hybridized carbons (Fsp3) is 0.625. The van der Waals surface area contributed by atoms with Gasteiger partial charge >= 0.3 is 5.97 Å². The minimum atomic E-state index is -1.32. The Balaban J connectivity index is 1.84. The zero-order chi connectivity index (χ0) is 22.3. The number of hydrogen-bond acceptors (Lipinski definition) is 5. The average molecular weight is 416 g/mol. The second-order valence-corrected chi connectivity index (χ2v) is 9.73. The molecule has 0 spiro atoms. The summed E-state index contributed by atoms with van der Waals surface area (Å²) in [5.41, 5.74) is 1.88. The molecule has 0 radical (unpaired) electrons. The van der Waals surface area contributed by atoms with Crippen LogP contribution in [0.5, 0.6) is 0 Å². The molecule has 5 atom stereocenters. The predicted octanol–water partition coefficient (Wildman–Crippen LogP) is 3.17. The Kier molecular flexibility index (Phi) is 6.10. The number of aliphatic hydroxyl groups excluding tert-OH is 1. The van der Waals surface area contributed by atoms with Crippen molar-refractivity contribution in [1.82, 2.24) is 5.32 Å². The number of nitrogens with one attached hydrogen (secondary N) is 1. The molecule has 30 heavy (non-hydrogen) atoms. The van der Waals surface area contributed by atoms with Gasteiger partial charge in [-0.15, -0.1) is 0 Å². The van der Waals surface area contributed by atoms with Crippen LogP contribution in [0.15, 0.2) is 35.1 Å². The van der Waals surface area contributed by atoms with Gasteiger partial charge in [-0.1, -0.05) is 32.4 Å². The molecule has 0 aliphatic heterocycles. The highest BCUT2D eigenvalue weighted by atomic mass is 16.4. The van der Waals surface area contributed by atoms with Gasteiger partial charge in [0.05, 0.1) is 12.3 Å². The molecule has 3 rings (SSSR count). The highest BCUT2D eigenvalue weighted by Crippen LogP contribution is 2.62. The number of allylic oxidation sites excluding steroid dienone is 5. The minimum Gasteiger partial charge on any atom is -0.480 e. The van der Waals surface area contributed by atoms with Crippen LogP contribution in [0.3, 0.4) is 0 Å². The third-order valence-electron chi connectivity index (χ3n) is 8.14. The van der Waals surface area contributed by atoms with E-state index in [4.69, 9.17) is 5.11 Å². The quantitative estimate of drug-likeness (QED) is 0.455. The molecule has 6 nitrogen and oxygen atoms in total. The normalized spacial score (nSPS) is 35.0. The second-order valence-electron chi connectivity index (χ2n) is 9.73. The summed E-state index contributed by atoms with van der Waals surface area (Å²) in [4.78, 5) is 36.6. The van der Waals surface area contributed by atoms with Gasteiger partial charge in [0, 0.05) is 11.6 Å². The summed E-state index contributed by atoms with van der Waals surface area (Å²) in [6.07, 6.45) is 9.80. The van der Waals surface area contributed by atoms with Gasteiger partial charge in [0.15, 0.2) is 5.78 Å². The number of fused-ring (bicyclic) bond motifs is 1. The number of aliphatic carboxylic acids is 1. The Labute approximate surface area is 178 Å². The van der Waals surface area contributed by atoms with Gasteiger partial charge in [0.1, 0.15) is 6.04 Å². The first-order valence-corrected chi connectivity index (χ1v) is 10.8. The van der Waals surface area contributed by atoms with Crippen molar-refractivity contribution in [2.75, 3.05) is 6.61 Å². The Morgan fingerprint density at radius 3 is 2.57 bits per heavy atom. The lowest BCUT2D eigenvalue weighted by Gasteiger charge is -2.58. The monoisotopic (exact) mass is 415 g/mol. The maximum absolute atomic E-state index is 12.9. The summed E-state index contributed by atoms with van der Waals surface area (Å²) in [6, 6.07) is -1.32. The van der Waals surface area contributed by atoms with Crippen molar-refractivity contribution in [3.05, 3.63) is 35.1 Å². The lowest BCUT2D eigenvalue weighted by molar-refractivity contribution is -0.140. The van der Waals surface area contributed by atoms with Gasteiger partial charge in [-0.3, -0.25) is 9.59 Å².